The highest BCUT2D eigenvalue weighted by Crippen LogP contribution is 2.50. The lowest BCUT2D eigenvalue weighted by atomic mass is 9.94. The minimum absolute atomic E-state index is 0.351. The van der Waals surface area contributed by atoms with Crippen molar-refractivity contribution in [3.63, 3.8) is 0 Å². The van der Waals surface area contributed by atoms with E-state index in [4.69, 9.17) is 5.73 Å². The minimum atomic E-state index is 0.351. The fourth-order valence-electron chi connectivity index (χ4n) is 4.31. The number of anilines is 1. The summed E-state index contributed by atoms with van der Waals surface area (Å²) in [6.45, 7) is 0. The van der Waals surface area contributed by atoms with Crippen LogP contribution in [0.2, 0.25) is 0 Å². The van der Waals surface area contributed by atoms with E-state index in [1.807, 2.05) is 6.21 Å². The number of hydrazone groups is 1. The number of carbonyl (C=O) groups is 1. The topological polar surface area (TPSA) is 85.3 Å². The van der Waals surface area contributed by atoms with E-state index in [2.05, 4.69) is 21.7 Å². The second kappa shape index (κ2) is 4.97. The van der Waals surface area contributed by atoms with Gasteiger partial charge in [0.15, 0.2) is 6.29 Å². The Morgan fingerprint density at radius 3 is 3.00 bits per heavy atom. The molecule has 0 spiro atoms. The molecule has 0 saturated heterocycles. The highest BCUT2D eigenvalue weighted by molar-refractivity contribution is 5.83. The first-order valence-corrected chi connectivity index (χ1v) is 7.92. The molecule has 2 aliphatic carbocycles. The molecule has 1 fully saturated rings. The molecule has 1 saturated carbocycles. The molecule has 1 aliphatic heterocycles. The van der Waals surface area contributed by atoms with Gasteiger partial charge in [0.1, 0.15) is 5.82 Å². The maximum atomic E-state index is 11.3. The van der Waals surface area contributed by atoms with Crippen LogP contribution < -0.4 is 11.2 Å². The van der Waals surface area contributed by atoms with Gasteiger partial charge in [-0.2, -0.15) is 10.2 Å². The smallest absolute Gasteiger partial charge is 0.155 e. The minimum Gasteiger partial charge on any atom is -0.383 e. The van der Waals surface area contributed by atoms with Crippen molar-refractivity contribution in [2.45, 2.75) is 37.6 Å². The van der Waals surface area contributed by atoms with Crippen LogP contribution in [-0.2, 0) is 7.05 Å². The third-order valence-electron chi connectivity index (χ3n) is 5.45. The Kier molecular flexibility index (Phi) is 3.06. The van der Waals surface area contributed by atoms with Gasteiger partial charge >= 0.3 is 0 Å². The quantitative estimate of drug-likeness (QED) is 0.656. The molecular weight excluding hydrogens is 278 g/mol. The number of hydrogen-bond acceptors (Lipinski definition) is 5. The van der Waals surface area contributed by atoms with Crippen LogP contribution >= 0.6 is 0 Å². The van der Waals surface area contributed by atoms with E-state index in [1.54, 1.807) is 11.7 Å². The average Bonchev–Trinajstić information content (AvgIpc) is 3.22. The van der Waals surface area contributed by atoms with E-state index < -0.39 is 0 Å². The van der Waals surface area contributed by atoms with Gasteiger partial charge in [-0.3, -0.25) is 9.48 Å². The van der Waals surface area contributed by atoms with E-state index in [-0.39, 0.29) is 0 Å². The molecule has 0 radical (unpaired) electrons. The molecule has 6 nitrogen and oxygen atoms in total. The van der Waals surface area contributed by atoms with Gasteiger partial charge in [-0.1, -0.05) is 6.08 Å². The lowest BCUT2D eigenvalue weighted by molar-refractivity contribution is 0.112. The second-order valence-corrected chi connectivity index (χ2v) is 6.69. The molecule has 4 rings (SSSR count). The summed E-state index contributed by atoms with van der Waals surface area (Å²) < 4.78 is 1.62. The van der Waals surface area contributed by atoms with Crippen LogP contribution in [0.1, 0.15) is 47.7 Å². The number of nitrogen functional groups attached to an aromatic ring is 1. The van der Waals surface area contributed by atoms with Crippen molar-refractivity contribution in [1.29, 1.82) is 0 Å². The number of nitrogens with one attached hydrogen (secondary N) is 1. The Bertz CT molecular complexity index is 666. The predicted molar refractivity (Wildman–Crippen MR) is 84.7 cm³/mol. The lowest BCUT2D eigenvalue weighted by Gasteiger charge is -2.14. The van der Waals surface area contributed by atoms with E-state index in [0.29, 0.717) is 35.2 Å². The number of nitrogens with two attached hydrogens (primary N) is 1. The number of aldehydes is 1. The van der Waals surface area contributed by atoms with Crippen molar-refractivity contribution in [3.8, 4) is 0 Å². The Balaban J connectivity index is 1.53. The summed E-state index contributed by atoms with van der Waals surface area (Å²) in [5, 5.41) is 8.61. The lowest BCUT2D eigenvalue weighted by Crippen LogP contribution is -2.21. The number of nitrogens with zero attached hydrogens (tertiary/aromatic N) is 3. The van der Waals surface area contributed by atoms with Crippen LogP contribution in [0.25, 0.3) is 0 Å². The highest BCUT2D eigenvalue weighted by Gasteiger charge is 2.41. The molecule has 6 heteroatoms. The molecule has 3 N–H and O–H groups in total. The molecule has 0 bridgehead atoms. The number of allylic oxidation sites excluding steroid dienone is 1. The van der Waals surface area contributed by atoms with E-state index >= 15 is 0 Å². The van der Waals surface area contributed by atoms with Gasteiger partial charge in [-0.25, -0.2) is 0 Å². The van der Waals surface area contributed by atoms with Crippen LogP contribution in [0.3, 0.4) is 0 Å². The first-order valence-electron chi connectivity index (χ1n) is 7.92. The molecule has 0 aromatic carbocycles. The van der Waals surface area contributed by atoms with Crippen LogP contribution in [0, 0.1) is 11.8 Å². The normalized spacial score (nSPS) is 32.9. The molecule has 3 aliphatic rings. The Morgan fingerprint density at radius 2 is 2.32 bits per heavy atom. The van der Waals surface area contributed by atoms with Crippen LogP contribution in [-0.4, -0.2) is 28.3 Å². The molecule has 116 valence electrons. The fraction of sp³-hybridized carbons (Fsp3) is 0.562. The summed E-state index contributed by atoms with van der Waals surface area (Å²) in [7, 11) is 1.80. The number of aromatic nitrogens is 2. The molecule has 1 aromatic heterocycles. The molecule has 0 amide bonds. The van der Waals surface area contributed by atoms with E-state index in [1.165, 1.54) is 5.57 Å². The molecule has 4 atom stereocenters. The van der Waals surface area contributed by atoms with Crippen molar-refractivity contribution < 1.29 is 4.79 Å². The number of fused-ring (bicyclic) bond motifs is 1. The van der Waals surface area contributed by atoms with Crippen LogP contribution in [0.15, 0.2) is 16.8 Å². The van der Waals surface area contributed by atoms with Gasteiger partial charge < -0.3 is 11.2 Å². The molecule has 4 unspecified atom stereocenters. The van der Waals surface area contributed by atoms with Crippen molar-refractivity contribution >= 4 is 18.3 Å². The first-order chi connectivity index (χ1) is 10.7. The number of hydrogen-bond donors (Lipinski definition) is 2. The summed E-state index contributed by atoms with van der Waals surface area (Å²) in [4.78, 5) is 11.3. The summed E-state index contributed by atoms with van der Waals surface area (Å²) >= 11 is 0. The van der Waals surface area contributed by atoms with E-state index in [9.17, 15) is 4.79 Å². The van der Waals surface area contributed by atoms with Gasteiger partial charge in [-0.05, 0) is 36.7 Å². The van der Waals surface area contributed by atoms with Crippen molar-refractivity contribution in [2.75, 3.05) is 5.73 Å². The third kappa shape index (κ3) is 1.97. The maximum absolute atomic E-state index is 11.3. The van der Waals surface area contributed by atoms with E-state index in [0.717, 1.165) is 37.7 Å². The van der Waals surface area contributed by atoms with Crippen molar-refractivity contribution in [1.82, 2.24) is 15.2 Å². The van der Waals surface area contributed by atoms with Crippen molar-refractivity contribution in [2.24, 2.45) is 24.0 Å². The Labute approximate surface area is 129 Å². The Morgan fingerprint density at radius 1 is 1.45 bits per heavy atom. The summed E-state index contributed by atoms with van der Waals surface area (Å²) in [6, 6.07) is 0.403. The standard InChI is InChI=1S/C16H21N5O/c1-21-16(17)13(8-22)15(20-21)12-6-9-4-11(5-10(9)7-12)14-2-3-18-19-14/h3-4,8-10,12,14,19H,2,5-7,17H2,1H3. The average molecular weight is 299 g/mol. The van der Waals surface area contributed by atoms with Crippen LogP contribution in [0.5, 0.6) is 0 Å². The number of aryl methyl sites for hydroxylation is 1. The highest BCUT2D eigenvalue weighted by atomic mass is 16.1. The van der Waals surface area contributed by atoms with Gasteiger partial charge in [0.05, 0.1) is 17.3 Å². The zero-order valence-electron chi connectivity index (χ0n) is 12.7. The fourth-order valence-corrected chi connectivity index (χ4v) is 4.31. The number of carbonyl (C=O) groups excluding carboxylic acids is 1. The van der Waals surface area contributed by atoms with Gasteiger partial charge in [0, 0.05) is 25.6 Å². The van der Waals surface area contributed by atoms with Gasteiger partial charge in [0.2, 0.25) is 0 Å². The second-order valence-electron chi connectivity index (χ2n) is 6.69. The first kappa shape index (κ1) is 13.5. The maximum Gasteiger partial charge on any atom is 0.155 e. The van der Waals surface area contributed by atoms with Crippen LogP contribution in [0.4, 0.5) is 5.82 Å². The van der Waals surface area contributed by atoms with Crippen molar-refractivity contribution in [3.05, 3.63) is 22.9 Å². The number of rotatable bonds is 3. The molecule has 1 aromatic rings. The molecule has 2 heterocycles. The van der Waals surface area contributed by atoms with Gasteiger partial charge in [0.25, 0.3) is 0 Å². The SMILES string of the molecule is Cn1nc(C2CC3C=C(C4CC=NN4)CC3C2)c(C=O)c1N. The zero-order valence-corrected chi connectivity index (χ0v) is 12.7. The molecular formula is C16H21N5O. The third-order valence-corrected chi connectivity index (χ3v) is 5.45. The van der Waals surface area contributed by atoms with Gasteiger partial charge in [-0.15, -0.1) is 0 Å². The summed E-state index contributed by atoms with van der Waals surface area (Å²) in [6.07, 6.45) is 9.54. The Hall–Kier alpha value is -2.11. The zero-order chi connectivity index (χ0) is 15.3. The summed E-state index contributed by atoms with van der Waals surface area (Å²) in [5.41, 5.74) is 12.1. The summed E-state index contributed by atoms with van der Waals surface area (Å²) in [5.74, 6) is 2.10. The monoisotopic (exact) mass is 299 g/mol. The predicted octanol–water partition coefficient (Wildman–Crippen LogP) is 1.60. The molecule has 22 heavy (non-hydrogen) atoms. The largest absolute Gasteiger partial charge is 0.383 e.